The number of nitrogens with zero attached hydrogens (tertiary/aromatic N) is 1. The van der Waals surface area contributed by atoms with Gasteiger partial charge in [0, 0.05) is 12.7 Å². The van der Waals surface area contributed by atoms with Crippen LogP contribution in [0.5, 0.6) is 0 Å². The number of nitrogens with two attached hydrogens (primary N) is 1. The highest BCUT2D eigenvalue weighted by Crippen LogP contribution is 2.19. The maximum absolute atomic E-state index is 13.1. The molecule has 1 aromatic carbocycles. The van der Waals surface area contributed by atoms with Crippen LogP contribution in [0.25, 0.3) is 0 Å². The van der Waals surface area contributed by atoms with E-state index in [0.29, 0.717) is 13.1 Å². The van der Waals surface area contributed by atoms with Crippen LogP contribution in [0.3, 0.4) is 0 Å². The molecule has 0 aliphatic rings. The lowest BCUT2D eigenvalue weighted by Gasteiger charge is -2.17. The van der Waals surface area contributed by atoms with E-state index in [-0.39, 0.29) is 5.82 Å². The molecule has 2 rings (SSSR count). The molecule has 18 heavy (non-hydrogen) atoms. The van der Waals surface area contributed by atoms with Crippen LogP contribution in [-0.2, 0) is 13.1 Å². The summed E-state index contributed by atoms with van der Waals surface area (Å²) in [5.74, 6) is 1.40. The van der Waals surface area contributed by atoms with Crippen LogP contribution >= 0.6 is 0 Å². The van der Waals surface area contributed by atoms with Gasteiger partial charge in [0.15, 0.2) is 0 Å². The summed E-state index contributed by atoms with van der Waals surface area (Å²) in [7, 11) is 1.90. The highest BCUT2D eigenvalue weighted by molar-refractivity contribution is 5.45. The number of benzene rings is 1. The van der Waals surface area contributed by atoms with Crippen LogP contribution in [0.1, 0.15) is 17.1 Å². The molecule has 1 heterocycles. The van der Waals surface area contributed by atoms with E-state index >= 15 is 0 Å². The quantitative estimate of drug-likeness (QED) is 0.904. The van der Waals surface area contributed by atoms with E-state index in [1.165, 1.54) is 12.1 Å². The number of rotatable bonds is 4. The lowest BCUT2D eigenvalue weighted by molar-refractivity contribution is 0.463. The fourth-order valence-electron chi connectivity index (χ4n) is 1.91. The summed E-state index contributed by atoms with van der Waals surface area (Å²) in [6, 6.07) is 8.46. The Labute approximate surface area is 106 Å². The minimum absolute atomic E-state index is 0.238. The summed E-state index contributed by atoms with van der Waals surface area (Å²) in [5.41, 5.74) is 7.44. The Morgan fingerprint density at radius 2 is 2.11 bits per heavy atom. The van der Waals surface area contributed by atoms with Gasteiger partial charge in [0.2, 0.25) is 0 Å². The van der Waals surface area contributed by atoms with E-state index in [4.69, 9.17) is 10.2 Å². The molecule has 0 bridgehead atoms. The number of furan rings is 1. The Morgan fingerprint density at radius 1 is 1.33 bits per heavy atom. The predicted molar refractivity (Wildman–Crippen MR) is 69.8 cm³/mol. The van der Waals surface area contributed by atoms with Crippen LogP contribution in [-0.4, -0.2) is 7.05 Å². The molecule has 0 unspecified atom stereocenters. The molecule has 0 atom stereocenters. The maximum Gasteiger partial charge on any atom is 0.125 e. The number of hydrogen-bond donors (Lipinski definition) is 1. The zero-order valence-corrected chi connectivity index (χ0v) is 10.6. The average Bonchev–Trinajstić information content (AvgIpc) is 2.69. The number of anilines is 1. The first kappa shape index (κ1) is 12.6. The molecule has 2 N–H and O–H groups in total. The summed E-state index contributed by atoms with van der Waals surface area (Å²) in [5, 5.41) is 0. The lowest BCUT2D eigenvalue weighted by atomic mass is 10.2. The fraction of sp³-hybridized carbons (Fsp3) is 0.286. The van der Waals surface area contributed by atoms with Crippen LogP contribution < -0.4 is 10.6 Å². The summed E-state index contributed by atoms with van der Waals surface area (Å²) < 4.78 is 18.7. The lowest BCUT2D eigenvalue weighted by Crippen LogP contribution is -2.15. The van der Waals surface area contributed by atoms with Crippen molar-refractivity contribution in [3.8, 4) is 0 Å². The minimum Gasteiger partial charge on any atom is -0.463 e. The monoisotopic (exact) mass is 248 g/mol. The zero-order chi connectivity index (χ0) is 13.1. The first-order valence-electron chi connectivity index (χ1n) is 5.85. The van der Waals surface area contributed by atoms with Crippen molar-refractivity contribution in [3.63, 3.8) is 0 Å². The third kappa shape index (κ3) is 2.71. The number of halogens is 1. The first-order valence-corrected chi connectivity index (χ1v) is 5.85. The Kier molecular flexibility index (Phi) is 3.67. The summed E-state index contributed by atoms with van der Waals surface area (Å²) >= 11 is 0. The molecule has 0 aliphatic carbocycles. The normalized spacial score (nSPS) is 10.7. The average molecular weight is 248 g/mol. The Hall–Kier alpha value is -1.81. The second kappa shape index (κ2) is 5.23. The zero-order valence-electron chi connectivity index (χ0n) is 10.6. The molecule has 3 nitrogen and oxygen atoms in total. The predicted octanol–water partition coefficient (Wildman–Crippen LogP) is 2.82. The first-order chi connectivity index (χ1) is 8.60. The molecular weight excluding hydrogens is 231 g/mol. The minimum atomic E-state index is -0.238. The molecule has 0 amide bonds. The Morgan fingerprint density at radius 3 is 2.72 bits per heavy atom. The van der Waals surface area contributed by atoms with Crippen molar-refractivity contribution in [2.45, 2.75) is 20.0 Å². The highest BCUT2D eigenvalue weighted by atomic mass is 19.1. The second-order valence-electron chi connectivity index (χ2n) is 4.36. The third-order valence-electron chi connectivity index (χ3n) is 2.90. The van der Waals surface area contributed by atoms with Gasteiger partial charge in [-0.15, -0.1) is 0 Å². The molecular formula is C14H17FN2O. The van der Waals surface area contributed by atoms with Gasteiger partial charge in [0.1, 0.15) is 17.3 Å². The molecule has 0 fully saturated rings. The molecule has 0 spiro atoms. The van der Waals surface area contributed by atoms with E-state index < -0.39 is 0 Å². The van der Waals surface area contributed by atoms with Gasteiger partial charge in [-0.2, -0.15) is 0 Å². The number of hydrogen-bond acceptors (Lipinski definition) is 3. The largest absolute Gasteiger partial charge is 0.463 e. The van der Waals surface area contributed by atoms with E-state index in [2.05, 4.69) is 0 Å². The second-order valence-corrected chi connectivity index (χ2v) is 4.36. The van der Waals surface area contributed by atoms with Crippen molar-refractivity contribution < 1.29 is 8.81 Å². The fourth-order valence-corrected chi connectivity index (χ4v) is 1.91. The van der Waals surface area contributed by atoms with E-state index in [9.17, 15) is 4.39 Å². The van der Waals surface area contributed by atoms with Gasteiger partial charge in [-0.25, -0.2) is 4.39 Å². The van der Waals surface area contributed by atoms with Crippen LogP contribution in [0, 0.1) is 12.7 Å². The van der Waals surface area contributed by atoms with Gasteiger partial charge < -0.3 is 15.1 Å². The molecule has 1 aromatic heterocycles. The molecule has 0 saturated carbocycles. The van der Waals surface area contributed by atoms with Crippen molar-refractivity contribution in [2.24, 2.45) is 5.73 Å². The van der Waals surface area contributed by atoms with Gasteiger partial charge in [-0.05, 0) is 36.8 Å². The van der Waals surface area contributed by atoms with E-state index in [0.717, 1.165) is 22.8 Å². The van der Waals surface area contributed by atoms with Gasteiger partial charge in [-0.1, -0.05) is 6.07 Å². The molecule has 0 saturated heterocycles. The van der Waals surface area contributed by atoms with Gasteiger partial charge >= 0.3 is 0 Å². The molecule has 96 valence electrons. The van der Waals surface area contributed by atoms with Crippen molar-refractivity contribution in [3.05, 3.63) is 53.2 Å². The van der Waals surface area contributed by atoms with Gasteiger partial charge in [-0.3, -0.25) is 0 Å². The molecule has 0 aliphatic heterocycles. The van der Waals surface area contributed by atoms with Gasteiger partial charge in [0.25, 0.3) is 0 Å². The van der Waals surface area contributed by atoms with Crippen molar-refractivity contribution in [2.75, 3.05) is 11.9 Å². The molecule has 2 aromatic rings. The number of aryl methyl sites for hydroxylation is 1. The smallest absolute Gasteiger partial charge is 0.125 e. The van der Waals surface area contributed by atoms with Gasteiger partial charge in [0.05, 0.1) is 13.1 Å². The third-order valence-corrected chi connectivity index (χ3v) is 2.90. The standard InChI is InChI=1S/C14H17FN2O/c1-10-6-13(18-14(10)8-16)9-17(2)12-5-3-4-11(15)7-12/h3-7H,8-9,16H2,1-2H3. The maximum atomic E-state index is 13.1. The Bertz CT molecular complexity index is 536. The molecule has 0 radical (unpaired) electrons. The van der Waals surface area contributed by atoms with Crippen molar-refractivity contribution in [1.29, 1.82) is 0 Å². The van der Waals surface area contributed by atoms with Crippen LogP contribution in [0.4, 0.5) is 10.1 Å². The SMILES string of the molecule is Cc1cc(CN(C)c2cccc(F)c2)oc1CN. The summed E-state index contributed by atoms with van der Waals surface area (Å²) in [4.78, 5) is 1.93. The van der Waals surface area contributed by atoms with Crippen molar-refractivity contribution >= 4 is 5.69 Å². The summed E-state index contributed by atoms with van der Waals surface area (Å²) in [6.07, 6.45) is 0. The Balaban J connectivity index is 2.13. The van der Waals surface area contributed by atoms with E-state index in [1.54, 1.807) is 6.07 Å². The van der Waals surface area contributed by atoms with Crippen LogP contribution in [0.15, 0.2) is 34.7 Å². The van der Waals surface area contributed by atoms with E-state index in [1.807, 2.05) is 31.0 Å². The summed E-state index contributed by atoms with van der Waals surface area (Å²) in [6.45, 7) is 2.96. The van der Waals surface area contributed by atoms with Crippen LogP contribution in [0.2, 0.25) is 0 Å². The van der Waals surface area contributed by atoms with Crippen molar-refractivity contribution in [1.82, 2.24) is 0 Å². The topological polar surface area (TPSA) is 42.4 Å². The molecule has 4 heteroatoms. The highest BCUT2D eigenvalue weighted by Gasteiger charge is 2.09.